The lowest BCUT2D eigenvalue weighted by Gasteiger charge is -2.09. The highest BCUT2D eigenvalue weighted by Crippen LogP contribution is 2.22. The van der Waals surface area contributed by atoms with Gasteiger partial charge in [-0.05, 0) is 36.8 Å². The first-order valence-electron chi connectivity index (χ1n) is 5.84. The number of halogens is 2. The van der Waals surface area contributed by atoms with E-state index < -0.39 is 29.9 Å². The normalized spacial score (nSPS) is 10.2. The number of aryl methyl sites for hydroxylation is 1. The molecule has 1 aromatic carbocycles. The Kier molecular flexibility index (Phi) is 4.24. The fraction of sp³-hybridized carbons (Fsp3) is 0.143. The monoisotopic (exact) mass is 278 g/mol. The number of aromatic nitrogens is 1. The number of anilines is 1. The van der Waals surface area contributed by atoms with E-state index in [0.29, 0.717) is 11.3 Å². The minimum atomic E-state index is -0.834. The summed E-state index contributed by atoms with van der Waals surface area (Å²) >= 11 is 0. The van der Waals surface area contributed by atoms with Crippen LogP contribution in [-0.4, -0.2) is 17.5 Å². The van der Waals surface area contributed by atoms with E-state index in [1.807, 2.05) is 0 Å². The fourth-order valence-electron chi connectivity index (χ4n) is 1.59. The molecule has 0 radical (unpaired) electrons. The molecule has 0 spiro atoms. The van der Waals surface area contributed by atoms with Crippen molar-refractivity contribution in [2.45, 2.75) is 6.92 Å². The van der Waals surface area contributed by atoms with Crippen LogP contribution in [-0.2, 0) is 4.79 Å². The van der Waals surface area contributed by atoms with Gasteiger partial charge in [0.25, 0.3) is 5.91 Å². The largest absolute Gasteiger partial charge is 0.478 e. The number of rotatable bonds is 4. The van der Waals surface area contributed by atoms with E-state index in [1.54, 1.807) is 19.1 Å². The van der Waals surface area contributed by atoms with E-state index in [9.17, 15) is 13.6 Å². The molecular weight excluding hydrogens is 266 g/mol. The Morgan fingerprint density at radius 3 is 2.45 bits per heavy atom. The molecule has 104 valence electrons. The second-order valence-electron chi connectivity index (χ2n) is 4.13. The summed E-state index contributed by atoms with van der Waals surface area (Å²) < 4.78 is 31.8. The van der Waals surface area contributed by atoms with Gasteiger partial charge in [-0.3, -0.25) is 9.78 Å². The van der Waals surface area contributed by atoms with Crippen LogP contribution in [0.3, 0.4) is 0 Å². The van der Waals surface area contributed by atoms with E-state index in [1.165, 1.54) is 12.4 Å². The maximum absolute atomic E-state index is 13.5. The standard InChI is InChI=1S/C14H12F2N2O2/c1-9-6-11(15)14(12(16)7-9)20-8-13(19)18-10-2-4-17-5-3-10/h2-7H,8H2,1H3,(H,17,18,19). The molecule has 0 saturated heterocycles. The number of hydrogen-bond acceptors (Lipinski definition) is 3. The van der Waals surface area contributed by atoms with Crippen LogP contribution in [0.25, 0.3) is 0 Å². The summed E-state index contributed by atoms with van der Waals surface area (Å²) in [7, 11) is 0. The van der Waals surface area contributed by atoms with Gasteiger partial charge in [0.1, 0.15) is 0 Å². The molecule has 1 amide bonds. The Morgan fingerprint density at radius 1 is 1.25 bits per heavy atom. The summed E-state index contributed by atoms with van der Waals surface area (Å²) in [5, 5.41) is 2.51. The average molecular weight is 278 g/mol. The SMILES string of the molecule is Cc1cc(F)c(OCC(=O)Nc2ccncc2)c(F)c1. The summed E-state index contributed by atoms with van der Waals surface area (Å²) in [4.78, 5) is 15.4. The second kappa shape index (κ2) is 6.10. The van der Waals surface area contributed by atoms with Gasteiger partial charge in [-0.25, -0.2) is 8.78 Å². The van der Waals surface area contributed by atoms with Gasteiger partial charge in [0.2, 0.25) is 0 Å². The first-order chi connectivity index (χ1) is 9.56. The van der Waals surface area contributed by atoms with Gasteiger partial charge in [0.15, 0.2) is 24.0 Å². The minimum absolute atomic E-state index is 0.439. The molecule has 4 nitrogen and oxygen atoms in total. The molecule has 0 unspecified atom stereocenters. The van der Waals surface area contributed by atoms with Gasteiger partial charge in [0, 0.05) is 18.1 Å². The van der Waals surface area contributed by atoms with Crippen molar-refractivity contribution in [2.24, 2.45) is 0 Å². The number of nitrogens with one attached hydrogen (secondary N) is 1. The average Bonchev–Trinajstić information content (AvgIpc) is 2.38. The first kappa shape index (κ1) is 13.9. The van der Waals surface area contributed by atoms with Crippen molar-refractivity contribution in [2.75, 3.05) is 11.9 Å². The molecular formula is C14H12F2N2O2. The zero-order chi connectivity index (χ0) is 14.5. The van der Waals surface area contributed by atoms with Crippen molar-refractivity contribution < 1.29 is 18.3 Å². The van der Waals surface area contributed by atoms with Gasteiger partial charge >= 0.3 is 0 Å². The highest BCUT2D eigenvalue weighted by atomic mass is 19.1. The van der Waals surface area contributed by atoms with Crippen LogP contribution in [0.1, 0.15) is 5.56 Å². The van der Waals surface area contributed by atoms with Crippen LogP contribution < -0.4 is 10.1 Å². The molecule has 0 aliphatic carbocycles. The van der Waals surface area contributed by atoms with Crippen LogP contribution in [0, 0.1) is 18.6 Å². The van der Waals surface area contributed by atoms with Crippen molar-refractivity contribution in [1.82, 2.24) is 4.98 Å². The fourth-order valence-corrected chi connectivity index (χ4v) is 1.59. The Balaban J connectivity index is 1.97. The molecule has 0 bridgehead atoms. The second-order valence-corrected chi connectivity index (χ2v) is 4.13. The highest BCUT2D eigenvalue weighted by molar-refractivity contribution is 5.91. The topological polar surface area (TPSA) is 51.2 Å². The van der Waals surface area contributed by atoms with Crippen molar-refractivity contribution >= 4 is 11.6 Å². The summed E-state index contributed by atoms with van der Waals surface area (Å²) in [6.45, 7) is 1.07. The Morgan fingerprint density at radius 2 is 1.85 bits per heavy atom. The van der Waals surface area contributed by atoms with Gasteiger partial charge < -0.3 is 10.1 Å². The van der Waals surface area contributed by atoms with Crippen molar-refractivity contribution in [1.29, 1.82) is 0 Å². The Bertz CT molecular complexity index is 595. The van der Waals surface area contributed by atoms with Crippen molar-refractivity contribution in [3.05, 3.63) is 53.9 Å². The highest BCUT2D eigenvalue weighted by Gasteiger charge is 2.13. The van der Waals surface area contributed by atoms with Crippen LogP contribution in [0.4, 0.5) is 14.5 Å². The summed E-state index contributed by atoms with van der Waals surface area (Å²) in [5.41, 5.74) is 0.965. The predicted octanol–water partition coefficient (Wildman–Crippen LogP) is 2.69. The van der Waals surface area contributed by atoms with E-state index in [4.69, 9.17) is 4.74 Å². The van der Waals surface area contributed by atoms with Crippen LogP contribution in [0.15, 0.2) is 36.7 Å². The van der Waals surface area contributed by atoms with Crippen molar-refractivity contribution in [3.63, 3.8) is 0 Å². The van der Waals surface area contributed by atoms with E-state index in [2.05, 4.69) is 10.3 Å². The molecule has 0 aliphatic rings. The molecule has 0 aliphatic heterocycles. The summed E-state index contributed by atoms with van der Waals surface area (Å²) in [6.07, 6.45) is 3.02. The van der Waals surface area contributed by atoms with E-state index in [-0.39, 0.29) is 0 Å². The number of carbonyl (C=O) groups is 1. The van der Waals surface area contributed by atoms with Crippen LogP contribution in [0.5, 0.6) is 5.75 Å². The molecule has 2 rings (SSSR count). The summed E-state index contributed by atoms with van der Waals surface area (Å²) in [6, 6.07) is 5.45. The lowest BCUT2D eigenvalue weighted by Crippen LogP contribution is -2.20. The molecule has 0 atom stereocenters. The molecule has 2 aromatic rings. The lowest BCUT2D eigenvalue weighted by molar-refractivity contribution is -0.118. The lowest BCUT2D eigenvalue weighted by atomic mass is 10.2. The third-order valence-electron chi connectivity index (χ3n) is 2.45. The molecule has 6 heteroatoms. The molecule has 20 heavy (non-hydrogen) atoms. The van der Waals surface area contributed by atoms with Crippen molar-refractivity contribution in [3.8, 4) is 5.75 Å². The first-order valence-corrected chi connectivity index (χ1v) is 5.84. The predicted molar refractivity (Wildman–Crippen MR) is 69.5 cm³/mol. The van der Waals surface area contributed by atoms with E-state index >= 15 is 0 Å². The zero-order valence-corrected chi connectivity index (χ0v) is 10.7. The Hall–Kier alpha value is -2.50. The number of amides is 1. The molecule has 0 saturated carbocycles. The summed E-state index contributed by atoms with van der Waals surface area (Å²) in [5.74, 6) is -2.74. The smallest absolute Gasteiger partial charge is 0.262 e. The number of pyridine rings is 1. The minimum Gasteiger partial charge on any atom is -0.478 e. The maximum Gasteiger partial charge on any atom is 0.262 e. The number of hydrogen-bond donors (Lipinski definition) is 1. The molecule has 1 N–H and O–H groups in total. The van der Waals surface area contributed by atoms with Gasteiger partial charge in [-0.2, -0.15) is 0 Å². The van der Waals surface area contributed by atoms with Crippen LogP contribution >= 0.6 is 0 Å². The molecule has 0 fully saturated rings. The Labute approximate surface area is 114 Å². The van der Waals surface area contributed by atoms with Gasteiger partial charge in [-0.15, -0.1) is 0 Å². The number of ether oxygens (including phenoxy) is 1. The van der Waals surface area contributed by atoms with Gasteiger partial charge in [0.05, 0.1) is 0 Å². The third kappa shape index (κ3) is 3.50. The number of carbonyl (C=O) groups excluding carboxylic acids is 1. The quantitative estimate of drug-likeness (QED) is 0.935. The molecule has 1 heterocycles. The zero-order valence-electron chi connectivity index (χ0n) is 10.7. The van der Waals surface area contributed by atoms with Crippen LogP contribution in [0.2, 0.25) is 0 Å². The molecule has 1 aromatic heterocycles. The number of nitrogens with zero attached hydrogens (tertiary/aromatic N) is 1. The maximum atomic E-state index is 13.5. The van der Waals surface area contributed by atoms with Gasteiger partial charge in [-0.1, -0.05) is 0 Å². The van der Waals surface area contributed by atoms with E-state index in [0.717, 1.165) is 12.1 Å². The number of benzene rings is 1. The third-order valence-corrected chi connectivity index (χ3v) is 2.45.